The highest BCUT2D eigenvalue weighted by Crippen LogP contribution is 2.21. The fraction of sp³-hybridized carbons (Fsp3) is 0. The number of carbonyl (C=O) groups excluding carboxylic acids is 1. The summed E-state index contributed by atoms with van der Waals surface area (Å²) in [6.45, 7) is 0. The summed E-state index contributed by atoms with van der Waals surface area (Å²) in [5, 5.41) is 8.40. The summed E-state index contributed by atoms with van der Waals surface area (Å²) >= 11 is 1.17. The molecular weight excluding hydrogens is 200 g/mol. The molecule has 5 nitrogen and oxygen atoms in total. The average molecular weight is 206 g/mol. The highest BCUT2D eigenvalue weighted by atomic mass is 32.1. The number of carbonyl (C=O) groups is 1. The van der Waals surface area contributed by atoms with Crippen molar-refractivity contribution < 1.29 is 4.79 Å². The Labute approximate surface area is 83.6 Å². The summed E-state index contributed by atoms with van der Waals surface area (Å²) in [5.74, 6) is -0.553. The number of aromatic nitrogens is 3. The van der Waals surface area contributed by atoms with Gasteiger partial charge in [-0.05, 0) is 12.1 Å². The van der Waals surface area contributed by atoms with Gasteiger partial charge in [0.1, 0.15) is 5.01 Å². The number of rotatable bonds is 2. The van der Waals surface area contributed by atoms with Gasteiger partial charge in [0, 0.05) is 18.0 Å². The maximum absolute atomic E-state index is 10.8. The Bertz CT molecular complexity index is 453. The average Bonchev–Trinajstić information content (AvgIpc) is 2.68. The molecule has 0 aliphatic rings. The summed E-state index contributed by atoms with van der Waals surface area (Å²) < 4.78 is 0. The topological polar surface area (TPSA) is 81.8 Å². The van der Waals surface area contributed by atoms with E-state index < -0.39 is 5.91 Å². The van der Waals surface area contributed by atoms with Crippen LogP contribution in [-0.4, -0.2) is 21.1 Å². The van der Waals surface area contributed by atoms with Crippen molar-refractivity contribution >= 4 is 17.2 Å². The summed E-state index contributed by atoms with van der Waals surface area (Å²) in [5.41, 5.74) is 5.94. The molecule has 1 amide bonds. The van der Waals surface area contributed by atoms with Crippen LogP contribution >= 0.6 is 11.3 Å². The molecule has 0 aliphatic heterocycles. The molecule has 2 aromatic heterocycles. The van der Waals surface area contributed by atoms with Gasteiger partial charge in [-0.15, -0.1) is 10.2 Å². The molecule has 2 heterocycles. The lowest BCUT2D eigenvalue weighted by atomic mass is 10.3. The van der Waals surface area contributed by atoms with Crippen LogP contribution in [0.15, 0.2) is 24.5 Å². The van der Waals surface area contributed by atoms with Gasteiger partial charge in [-0.3, -0.25) is 9.78 Å². The molecule has 0 radical (unpaired) electrons. The predicted molar refractivity (Wildman–Crippen MR) is 51.7 cm³/mol. The molecule has 2 N–H and O–H groups in total. The van der Waals surface area contributed by atoms with E-state index >= 15 is 0 Å². The van der Waals surface area contributed by atoms with Gasteiger partial charge in [0.25, 0.3) is 5.91 Å². The van der Waals surface area contributed by atoms with Gasteiger partial charge in [-0.2, -0.15) is 0 Å². The predicted octanol–water partition coefficient (Wildman–Crippen LogP) is 0.699. The van der Waals surface area contributed by atoms with Crippen LogP contribution in [0.1, 0.15) is 9.80 Å². The summed E-state index contributed by atoms with van der Waals surface area (Å²) in [6.07, 6.45) is 3.31. The fourth-order valence-corrected chi connectivity index (χ4v) is 1.63. The number of hydrogen-bond acceptors (Lipinski definition) is 5. The third kappa shape index (κ3) is 1.60. The monoisotopic (exact) mass is 206 g/mol. The van der Waals surface area contributed by atoms with Crippen molar-refractivity contribution in [3.8, 4) is 10.6 Å². The molecule has 0 unspecified atom stereocenters. The van der Waals surface area contributed by atoms with Crippen molar-refractivity contribution in [3.63, 3.8) is 0 Å². The fourth-order valence-electron chi connectivity index (χ4n) is 0.934. The van der Waals surface area contributed by atoms with E-state index in [0.29, 0.717) is 5.01 Å². The first-order valence-corrected chi connectivity index (χ1v) is 4.63. The third-order valence-corrected chi connectivity index (χ3v) is 2.55. The Morgan fingerprint density at radius 2 is 2.00 bits per heavy atom. The van der Waals surface area contributed by atoms with Crippen LogP contribution in [0.4, 0.5) is 0 Å². The molecule has 0 fully saturated rings. The van der Waals surface area contributed by atoms with Crippen molar-refractivity contribution in [1.29, 1.82) is 0 Å². The Kier molecular flexibility index (Phi) is 2.19. The lowest BCUT2D eigenvalue weighted by Gasteiger charge is -1.90. The molecule has 0 bridgehead atoms. The number of amides is 1. The number of nitrogens with two attached hydrogens (primary N) is 1. The Balaban J connectivity index is 2.39. The Hall–Kier alpha value is -1.82. The zero-order chi connectivity index (χ0) is 9.97. The van der Waals surface area contributed by atoms with Gasteiger partial charge in [-0.25, -0.2) is 0 Å². The zero-order valence-electron chi connectivity index (χ0n) is 7.04. The largest absolute Gasteiger partial charge is 0.363 e. The van der Waals surface area contributed by atoms with Crippen molar-refractivity contribution in [1.82, 2.24) is 15.2 Å². The molecule has 2 aromatic rings. The minimum atomic E-state index is -0.553. The summed E-state index contributed by atoms with van der Waals surface area (Å²) in [7, 11) is 0. The number of nitrogens with zero attached hydrogens (tertiary/aromatic N) is 3. The van der Waals surface area contributed by atoms with E-state index in [1.165, 1.54) is 11.3 Å². The number of hydrogen-bond donors (Lipinski definition) is 1. The van der Waals surface area contributed by atoms with Gasteiger partial charge in [0.15, 0.2) is 0 Å². The number of primary amides is 1. The Morgan fingerprint density at radius 1 is 1.29 bits per heavy atom. The molecule has 0 saturated carbocycles. The van der Waals surface area contributed by atoms with Crippen LogP contribution in [0.2, 0.25) is 0 Å². The molecule has 2 rings (SSSR count). The van der Waals surface area contributed by atoms with Gasteiger partial charge >= 0.3 is 0 Å². The van der Waals surface area contributed by atoms with Crippen LogP contribution in [-0.2, 0) is 0 Å². The number of pyridine rings is 1. The quantitative estimate of drug-likeness (QED) is 0.784. The molecule has 0 spiro atoms. The molecule has 0 aliphatic carbocycles. The molecule has 6 heteroatoms. The van der Waals surface area contributed by atoms with Gasteiger partial charge in [0.05, 0.1) is 0 Å². The zero-order valence-corrected chi connectivity index (χ0v) is 7.86. The second-order valence-electron chi connectivity index (χ2n) is 2.51. The van der Waals surface area contributed by atoms with E-state index in [1.54, 1.807) is 24.5 Å². The van der Waals surface area contributed by atoms with Gasteiger partial charge < -0.3 is 5.73 Å². The van der Waals surface area contributed by atoms with Crippen molar-refractivity contribution in [3.05, 3.63) is 29.5 Å². The van der Waals surface area contributed by atoms with E-state index in [2.05, 4.69) is 15.2 Å². The second kappa shape index (κ2) is 3.51. The molecular formula is C8H6N4OS. The van der Waals surface area contributed by atoms with E-state index in [9.17, 15) is 4.79 Å². The maximum Gasteiger partial charge on any atom is 0.279 e. The van der Waals surface area contributed by atoms with Gasteiger partial charge in [-0.1, -0.05) is 11.3 Å². The first-order chi connectivity index (χ1) is 6.77. The van der Waals surface area contributed by atoms with Crippen molar-refractivity contribution in [2.75, 3.05) is 0 Å². The van der Waals surface area contributed by atoms with Crippen LogP contribution in [0.25, 0.3) is 10.6 Å². The van der Waals surface area contributed by atoms with Crippen LogP contribution in [0, 0.1) is 0 Å². The lowest BCUT2D eigenvalue weighted by Crippen LogP contribution is -2.10. The molecule has 0 aromatic carbocycles. The van der Waals surface area contributed by atoms with Crippen molar-refractivity contribution in [2.45, 2.75) is 0 Å². The molecule has 70 valence electrons. The SMILES string of the molecule is NC(=O)c1nnc(-c2ccncc2)s1. The molecule has 14 heavy (non-hydrogen) atoms. The minimum absolute atomic E-state index is 0.219. The standard InChI is InChI=1S/C8H6N4OS/c9-6(13)8-12-11-7(14-8)5-1-3-10-4-2-5/h1-4H,(H2,9,13). The lowest BCUT2D eigenvalue weighted by molar-refractivity contribution is 0.0999. The first-order valence-electron chi connectivity index (χ1n) is 3.81. The highest BCUT2D eigenvalue weighted by Gasteiger charge is 2.09. The maximum atomic E-state index is 10.8. The van der Waals surface area contributed by atoms with Crippen LogP contribution < -0.4 is 5.73 Å². The van der Waals surface area contributed by atoms with E-state index in [-0.39, 0.29) is 5.01 Å². The third-order valence-electron chi connectivity index (χ3n) is 1.56. The minimum Gasteiger partial charge on any atom is -0.363 e. The van der Waals surface area contributed by atoms with E-state index in [4.69, 9.17) is 5.73 Å². The normalized spacial score (nSPS) is 10.0. The molecule has 0 saturated heterocycles. The van der Waals surface area contributed by atoms with Crippen LogP contribution in [0.3, 0.4) is 0 Å². The van der Waals surface area contributed by atoms with Gasteiger partial charge in [0.2, 0.25) is 5.01 Å². The smallest absolute Gasteiger partial charge is 0.279 e. The summed E-state index contributed by atoms with van der Waals surface area (Å²) in [4.78, 5) is 14.6. The summed E-state index contributed by atoms with van der Waals surface area (Å²) in [6, 6.07) is 3.59. The van der Waals surface area contributed by atoms with E-state index in [1.807, 2.05) is 0 Å². The van der Waals surface area contributed by atoms with Crippen molar-refractivity contribution in [2.24, 2.45) is 5.73 Å². The second-order valence-corrected chi connectivity index (χ2v) is 3.49. The molecule has 0 atom stereocenters. The van der Waals surface area contributed by atoms with E-state index in [0.717, 1.165) is 5.56 Å². The highest BCUT2D eigenvalue weighted by molar-refractivity contribution is 7.16. The first kappa shape index (κ1) is 8.76. The Morgan fingerprint density at radius 3 is 2.57 bits per heavy atom. The van der Waals surface area contributed by atoms with Crippen LogP contribution in [0.5, 0.6) is 0 Å².